The molecule has 2 aromatic rings. The topological polar surface area (TPSA) is 72.9 Å². The van der Waals surface area contributed by atoms with Gasteiger partial charge in [0.25, 0.3) is 0 Å². The molecule has 0 saturated heterocycles. The van der Waals surface area contributed by atoms with Gasteiger partial charge < -0.3 is 11.2 Å². The summed E-state index contributed by atoms with van der Waals surface area (Å²) in [6, 6.07) is 10.2. The van der Waals surface area contributed by atoms with Crippen LogP contribution in [0, 0.1) is 23.2 Å². The van der Waals surface area contributed by atoms with Gasteiger partial charge in [0.2, 0.25) is 5.91 Å². The SMILES string of the molecule is C[C@@H](NC(=O)CSc1nc(-c2ccccc2)cn1N)C12CC3CC(CC(C3)C1)C2. The Morgan fingerprint density at radius 3 is 2.45 bits per heavy atom. The lowest BCUT2D eigenvalue weighted by Crippen LogP contribution is -2.56. The summed E-state index contributed by atoms with van der Waals surface area (Å²) in [4.78, 5) is 17.3. The number of carbonyl (C=O) groups excluding carboxylic acids is 1. The first-order valence-electron chi connectivity index (χ1n) is 10.8. The molecule has 1 aromatic carbocycles. The molecular weight excluding hydrogens is 380 g/mol. The second kappa shape index (κ2) is 7.38. The lowest BCUT2D eigenvalue weighted by molar-refractivity contribution is -0.123. The van der Waals surface area contributed by atoms with Gasteiger partial charge in [-0.3, -0.25) is 4.79 Å². The summed E-state index contributed by atoms with van der Waals surface area (Å²) in [6.45, 7) is 2.23. The van der Waals surface area contributed by atoms with Crippen molar-refractivity contribution in [2.24, 2.45) is 23.2 Å². The monoisotopic (exact) mass is 410 g/mol. The number of nitrogens with zero attached hydrogens (tertiary/aromatic N) is 2. The largest absolute Gasteiger partial charge is 0.352 e. The van der Waals surface area contributed by atoms with E-state index in [1.54, 1.807) is 0 Å². The van der Waals surface area contributed by atoms with Crippen molar-refractivity contribution in [1.82, 2.24) is 15.0 Å². The van der Waals surface area contributed by atoms with Crippen LogP contribution in [0.15, 0.2) is 41.7 Å². The average Bonchev–Trinajstić information content (AvgIpc) is 3.07. The van der Waals surface area contributed by atoms with Crippen LogP contribution >= 0.6 is 11.8 Å². The van der Waals surface area contributed by atoms with Crippen LogP contribution in [0.3, 0.4) is 0 Å². The molecule has 1 amide bonds. The second-order valence-corrected chi connectivity index (χ2v) is 10.5. The lowest BCUT2D eigenvalue weighted by atomic mass is 9.48. The highest BCUT2D eigenvalue weighted by Crippen LogP contribution is 2.61. The molecule has 0 spiro atoms. The third-order valence-corrected chi connectivity index (χ3v) is 8.45. The van der Waals surface area contributed by atoms with Crippen LogP contribution in [0.5, 0.6) is 0 Å². The van der Waals surface area contributed by atoms with Crippen LogP contribution in [0.25, 0.3) is 11.3 Å². The number of hydrogen-bond donors (Lipinski definition) is 2. The van der Waals surface area contributed by atoms with Gasteiger partial charge in [-0.1, -0.05) is 42.1 Å². The van der Waals surface area contributed by atoms with E-state index in [1.807, 2.05) is 36.5 Å². The lowest BCUT2D eigenvalue weighted by Gasteiger charge is -2.59. The molecule has 3 N–H and O–H groups in total. The van der Waals surface area contributed by atoms with Gasteiger partial charge in [-0.25, -0.2) is 9.66 Å². The zero-order valence-electron chi connectivity index (χ0n) is 17.0. The Balaban J connectivity index is 1.19. The Morgan fingerprint density at radius 1 is 1.21 bits per heavy atom. The van der Waals surface area contributed by atoms with Crippen LogP contribution in [0.2, 0.25) is 0 Å². The fourth-order valence-electron chi connectivity index (χ4n) is 6.51. The quantitative estimate of drug-likeness (QED) is 0.556. The smallest absolute Gasteiger partial charge is 0.230 e. The Morgan fingerprint density at radius 2 is 1.83 bits per heavy atom. The molecule has 1 atom stereocenters. The number of aromatic nitrogens is 2. The molecule has 4 aliphatic carbocycles. The number of imidazole rings is 1. The first-order valence-corrected chi connectivity index (χ1v) is 11.8. The molecule has 6 rings (SSSR count). The molecule has 29 heavy (non-hydrogen) atoms. The van der Waals surface area contributed by atoms with E-state index < -0.39 is 0 Å². The molecule has 1 aromatic heterocycles. The van der Waals surface area contributed by atoms with Crippen molar-refractivity contribution in [3.8, 4) is 11.3 Å². The molecule has 4 saturated carbocycles. The number of carbonyl (C=O) groups is 1. The Labute approximate surface area is 176 Å². The van der Waals surface area contributed by atoms with Gasteiger partial charge in [0, 0.05) is 11.6 Å². The maximum absolute atomic E-state index is 12.7. The molecule has 0 unspecified atom stereocenters. The average molecular weight is 411 g/mol. The van der Waals surface area contributed by atoms with Crippen molar-refractivity contribution in [3.05, 3.63) is 36.5 Å². The number of thioether (sulfide) groups is 1. The van der Waals surface area contributed by atoms with Crippen LogP contribution in [-0.2, 0) is 4.79 Å². The van der Waals surface area contributed by atoms with E-state index in [2.05, 4.69) is 17.2 Å². The van der Waals surface area contributed by atoms with E-state index in [9.17, 15) is 4.79 Å². The standard InChI is InChI=1S/C23H30N4OS/c1-15(23-10-16-7-17(11-23)9-18(8-16)12-23)25-21(28)14-29-22-26-20(13-27(22)24)19-5-3-2-4-6-19/h2-6,13,15-18H,7-12,14,24H2,1H3,(H,25,28)/t15-,16?,17?,18?,23?/m1/s1. The minimum absolute atomic E-state index is 0.0857. The van der Waals surface area contributed by atoms with Gasteiger partial charge in [0.05, 0.1) is 17.6 Å². The third kappa shape index (κ3) is 3.67. The van der Waals surface area contributed by atoms with Crippen LogP contribution in [0.1, 0.15) is 45.4 Å². The number of nitrogen functional groups attached to an aromatic ring is 1. The fraction of sp³-hybridized carbons (Fsp3) is 0.565. The minimum atomic E-state index is 0.0857. The van der Waals surface area contributed by atoms with E-state index in [0.29, 0.717) is 16.3 Å². The molecule has 5 nitrogen and oxygen atoms in total. The highest BCUT2D eigenvalue weighted by atomic mass is 32.2. The van der Waals surface area contributed by atoms with Gasteiger partial charge in [-0.05, 0) is 68.6 Å². The maximum Gasteiger partial charge on any atom is 0.230 e. The number of nitrogens with one attached hydrogen (secondary N) is 1. The van der Waals surface area contributed by atoms with Crippen molar-refractivity contribution in [1.29, 1.82) is 0 Å². The molecule has 4 bridgehead atoms. The van der Waals surface area contributed by atoms with Crippen molar-refractivity contribution in [2.75, 3.05) is 11.6 Å². The van der Waals surface area contributed by atoms with E-state index >= 15 is 0 Å². The molecule has 154 valence electrons. The summed E-state index contributed by atoms with van der Waals surface area (Å²) in [5.74, 6) is 9.20. The Hall–Kier alpha value is -1.95. The Bertz CT molecular complexity index is 858. The van der Waals surface area contributed by atoms with Crippen molar-refractivity contribution >= 4 is 17.7 Å². The second-order valence-electron chi connectivity index (χ2n) is 9.54. The molecule has 0 radical (unpaired) electrons. The van der Waals surface area contributed by atoms with Crippen molar-refractivity contribution in [2.45, 2.75) is 56.6 Å². The number of rotatable bonds is 6. The number of benzene rings is 1. The predicted octanol–water partition coefficient (Wildman–Crippen LogP) is 4.08. The van der Waals surface area contributed by atoms with Crippen LogP contribution in [0.4, 0.5) is 0 Å². The van der Waals surface area contributed by atoms with Gasteiger partial charge in [-0.15, -0.1) is 0 Å². The highest BCUT2D eigenvalue weighted by Gasteiger charge is 2.53. The predicted molar refractivity (Wildman–Crippen MR) is 117 cm³/mol. The van der Waals surface area contributed by atoms with Crippen molar-refractivity contribution in [3.63, 3.8) is 0 Å². The van der Waals surface area contributed by atoms with Gasteiger partial charge in [-0.2, -0.15) is 0 Å². The maximum atomic E-state index is 12.7. The molecule has 4 aliphatic rings. The molecule has 6 heteroatoms. The molecule has 0 aliphatic heterocycles. The van der Waals surface area contributed by atoms with Crippen LogP contribution < -0.4 is 11.2 Å². The zero-order chi connectivity index (χ0) is 20.0. The van der Waals surface area contributed by atoms with E-state index in [1.165, 1.54) is 55.0 Å². The zero-order valence-corrected chi connectivity index (χ0v) is 17.8. The molecular formula is C23H30N4OS. The van der Waals surface area contributed by atoms with E-state index in [0.717, 1.165) is 29.0 Å². The molecule has 4 fully saturated rings. The minimum Gasteiger partial charge on any atom is -0.352 e. The summed E-state index contributed by atoms with van der Waals surface area (Å²) >= 11 is 1.40. The van der Waals surface area contributed by atoms with Crippen LogP contribution in [-0.4, -0.2) is 27.4 Å². The van der Waals surface area contributed by atoms with Crippen molar-refractivity contribution < 1.29 is 4.79 Å². The van der Waals surface area contributed by atoms with Gasteiger partial charge in [0.15, 0.2) is 5.16 Å². The van der Waals surface area contributed by atoms with E-state index in [-0.39, 0.29) is 11.9 Å². The summed E-state index contributed by atoms with van der Waals surface area (Å²) < 4.78 is 1.52. The first-order chi connectivity index (χ1) is 14.0. The van der Waals surface area contributed by atoms with Gasteiger partial charge >= 0.3 is 0 Å². The highest BCUT2D eigenvalue weighted by molar-refractivity contribution is 7.99. The van der Waals surface area contributed by atoms with Gasteiger partial charge in [0.1, 0.15) is 0 Å². The normalized spacial score (nSPS) is 31.0. The fourth-order valence-corrected chi connectivity index (χ4v) is 7.21. The molecule has 1 heterocycles. The number of hydrogen-bond acceptors (Lipinski definition) is 4. The summed E-state index contributed by atoms with van der Waals surface area (Å²) in [6.07, 6.45) is 10.0. The summed E-state index contributed by atoms with van der Waals surface area (Å²) in [7, 11) is 0. The number of amides is 1. The van der Waals surface area contributed by atoms with E-state index in [4.69, 9.17) is 5.84 Å². The first kappa shape index (κ1) is 19.0. The third-order valence-electron chi connectivity index (χ3n) is 7.48. The summed E-state index contributed by atoms with van der Waals surface area (Å²) in [5, 5.41) is 4.00. The summed E-state index contributed by atoms with van der Waals surface area (Å²) in [5.41, 5.74) is 2.19. The number of nitrogens with two attached hydrogens (primary N) is 1. The Kier molecular flexibility index (Phi) is 4.85.